The number of hydrogen-bond acceptors (Lipinski definition) is 6. The van der Waals surface area contributed by atoms with Crippen LogP contribution in [0, 0.1) is 6.92 Å². The minimum absolute atomic E-state index is 0.319. The maximum Gasteiger partial charge on any atom is 0.320 e. The first-order chi connectivity index (χ1) is 12.7. The van der Waals surface area contributed by atoms with Gasteiger partial charge in [0.1, 0.15) is 6.04 Å². The average Bonchev–Trinajstić information content (AvgIpc) is 3.27. The highest BCUT2D eigenvalue weighted by Crippen LogP contribution is 2.20. The Morgan fingerprint density at radius 2 is 2.15 bits per heavy atom. The monoisotopic (exact) mass is 356 g/mol. The second-order valence-electron chi connectivity index (χ2n) is 5.61. The highest BCUT2D eigenvalue weighted by Gasteiger charge is 2.22. The van der Waals surface area contributed by atoms with Crippen molar-refractivity contribution < 1.29 is 14.1 Å². The summed E-state index contributed by atoms with van der Waals surface area (Å²) in [6, 6.07) is 8.46. The number of ether oxygens (including phenoxy) is 1. The zero-order chi connectivity index (χ0) is 18.4. The van der Waals surface area contributed by atoms with E-state index < -0.39 is 12.1 Å². The van der Waals surface area contributed by atoms with Gasteiger partial charge in [-0.2, -0.15) is 10.1 Å². The van der Waals surface area contributed by atoms with Crippen molar-refractivity contribution in [2.45, 2.75) is 19.5 Å². The molecule has 1 aromatic carbocycles. The molecule has 26 heavy (non-hydrogen) atoms. The molecule has 0 aliphatic heterocycles. The molecule has 3 rings (SSSR count). The molecule has 136 valence electrons. The molecule has 9 nitrogen and oxygen atoms in total. The topological polar surface area (TPSA) is 107 Å². The first-order valence-corrected chi connectivity index (χ1v) is 8.10. The summed E-state index contributed by atoms with van der Waals surface area (Å²) in [7, 11) is 1.62. The van der Waals surface area contributed by atoms with E-state index in [2.05, 4.69) is 25.9 Å². The molecule has 1 atom stereocenters. The van der Waals surface area contributed by atoms with Crippen LogP contribution in [0.1, 0.15) is 23.3 Å². The number of nitrogens with one attached hydrogen (secondary N) is 2. The van der Waals surface area contributed by atoms with E-state index in [0.29, 0.717) is 30.6 Å². The quantitative estimate of drug-likeness (QED) is 0.671. The van der Waals surface area contributed by atoms with Crippen molar-refractivity contribution in [3.63, 3.8) is 0 Å². The zero-order valence-corrected chi connectivity index (χ0v) is 14.5. The van der Waals surface area contributed by atoms with Gasteiger partial charge >= 0.3 is 6.03 Å². The number of nitrogens with zero attached hydrogens (tertiary/aromatic N) is 4. The zero-order valence-electron chi connectivity index (χ0n) is 14.5. The van der Waals surface area contributed by atoms with E-state index in [0.717, 1.165) is 5.56 Å². The van der Waals surface area contributed by atoms with Gasteiger partial charge < -0.3 is 19.9 Å². The van der Waals surface area contributed by atoms with Gasteiger partial charge in [0.25, 0.3) is 5.89 Å². The fourth-order valence-corrected chi connectivity index (χ4v) is 2.40. The molecule has 3 aromatic rings. The standard InChI is InChI=1S/C17H20N6O3/c1-12-19-16(26-22-12)15(13-6-4-3-5-7-13)21-17(24)20-14-10-18-23(11-14)8-9-25-2/h3-7,10-11,15H,8-9H2,1-2H3,(H2,20,21,24)/t15-/m1/s1. The van der Waals surface area contributed by atoms with Gasteiger partial charge in [0.05, 0.1) is 25.0 Å². The van der Waals surface area contributed by atoms with Gasteiger partial charge in [-0.3, -0.25) is 4.68 Å². The molecule has 0 fully saturated rings. The number of rotatable bonds is 7. The minimum atomic E-state index is -0.555. The lowest BCUT2D eigenvalue weighted by Gasteiger charge is -2.15. The molecule has 2 amide bonds. The van der Waals surface area contributed by atoms with Crippen molar-refractivity contribution >= 4 is 11.7 Å². The van der Waals surface area contributed by atoms with Crippen LogP contribution < -0.4 is 10.6 Å². The lowest BCUT2D eigenvalue weighted by Crippen LogP contribution is -2.33. The SMILES string of the molecule is COCCn1cc(NC(=O)N[C@H](c2ccccc2)c2nc(C)no2)cn1. The smallest absolute Gasteiger partial charge is 0.320 e. The van der Waals surface area contributed by atoms with Crippen molar-refractivity contribution in [1.29, 1.82) is 0 Å². The van der Waals surface area contributed by atoms with Crippen LogP contribution in [-0.2, 0) is 11.3 Å². The van der Waals surface area contributed by atoms with Crippen LogP contribution in [0.15, 0.2) is 47.2 Å². The molecular formula is C17H20N6O3. The lowest BCUT2D eigenvalue weighted by atomic mass is 10.1. The summed E-state index contributed by atoms with van der Waals surface area (Å²) < 4.78 is 11.9. The van der Waals surface area contributed by atoms with E-state index in [1.807, 2.05) is 30.3 Å². The molecule has 0 radical (unpaired) electrons. The number of amides is 2. The Morgan fingerprint density at radius 3 is 2.85 bits per heavy atom. The van der Waals surface area contributed by atoms with Crippen molar-refractivity contribution in [2.75, 3.05) is 19.0 Å². The number of anilines is 1. The Kier molecular flexibility index (Phi) is 5.59. The molecule has 0 unspecified atom stereocenters. The summed E-state index contributed by atoms with van der Waals surface area (Å²) in [6.07, 6.45) is 3.30. The third kappa shape index (κ3) is 4.45. The fraction of sp³-hybridized carbons (Fsp3) is 0.294. The summed E-state index contributed by atoms with van der Waals surface area (Å²) in [6.45, 7) is 2.87. The van der Waals surface area contributed by atoms with Gasteiger partial charge in [-0.15, -0.1) is 0 Å². The highest BCUT2D eigenvalue weighted by molar-refractivity contribution is 5.89. The van der Waals surface area contributed by atoms with Crippen LogP contribution in [0.4, 0.5) is 10.5 Å². The number of hydrogen-bond donors (Lipinski definition) is 2. The van der Waals surface area contributed by atoms with Crippen LogP contribution >= 0.6 is 0 Å². The number of methoxy groups -OCH3 is 1. The Bertz CT molecular complexity index is 845. The summed E-state index contributed by atoms with van der Waals surface area (Å²) in [5, 5.41) is 13.6. The Morgan fingerprint density at radius 1 is 1.35 bits per heavy atom. The van der Waals surface area contributed by atoms with E-state index >= 15 is 0 Å². The summed E-state index contributed by atoms with van der Waals surface area (Å²) in [5.41, 5.74) is 1.41. The Hall–Kier alpha value is -3.20. The molecule has 2 aromatic heterocycles. The van der Waals surface area contributed by atoms with Crippen LogP contribution in [0.5, 0.6) is 0 Å². The molecular weight excluding hydrogens is 336 g/mol. The normalized spacial score (nSPS) is 11.9. The maximum atomic E-state index is 12.4. The Balaban J connectivity index is 1.70. The lowest BCUT2D eigenvalue weighted by molar-refractivity contribution is 0.183. The average molecular weight is 356 g/mol. The number of urea groups is 1. The number of aromatic nitrogens is 4. The molecule has 9 heteroatoms. The second kappa shape index (κ2) is 8.26. The van der Waals surface area contributed by atoms with E-state index in [-0.39, 0.29) is 0 Å². The molecule has 0 aliphatic rings. The second-order valence-corrected chi connectivity index (χ2v) is 5.61. The minimum Gasteiger partial charge on any atom is -0.383 e. The van der Waals surface area contributed by atoms with E-state index in [1.54, 1.807) is 31.1 Å². The summed E-state index contributed by atoms with van der Waals surface area (Å²) in [4.78, 5) is 16.7. The van der Waals surface area contributed by atoms with E-state index in [4.69, 9.17) is 9.26 Å². The third-order valence-corrected chi connectivity index (χ3v) is 3.61. The van der Waals surface area contributed by atoms with Crippen LogP contribution in [0.25, 0.3) is 0 Å². The predicted octanol–water partition coefficient (Wildman–Crippen LogP) is 2.13. The van der Waals surface area contributed by atoms with E-state index in [9.17, 15) is 4.79 Å². The molecule has 0 bridgehead atoms. The van der Waals surface area contributed by atoms with Gasteiger partial charge in [0.15, 0.2) is 5.82 Å². The number of carbonyl (C=O) groups excluding carboxylic acids is 1. The van der Waals surface area contributed by atoms with Crippen molar-refractivity contribution in [1.82, 2.24) is 25.2 Å². The summed E-state index contributed by atoms with van der Waals surface area (Å²) >= 11 is 0. The van der Waals surface area contributed by atoms with E-state index in [1.165, 1.54) is 0 Å². The predicted molar refractivity (Wildman–Crippen MR) is 93.6 cm³/mol. The highest BCUT2D eigenvalue weighted by atomic mass is 16.5. The van der Waals surface area contributed by atoms with Gasteiger partial charge in [0.2, 0.25) is 0 Å². The van der Waals surface area contributed by atoms with Crippen molar-refractivity contribution in [3.8, 4) is 0 Å². The van der Waals surface area contributed by atoms with Gasteiger partial charge in [-0.1, -0.05) is 35.5 Å². The van der Waals surface area contributed by atoms with Gasteiger partial charge in [-0.25, -0.2) is 4.79 Å². The molecule has 0 aliphatic carbocycles. The van der Waals surface area contributed by atoms with Crippen LogP contribution in [-0.4, -0.2) is 39.7 Å². The van der Waals surface area contributed by atoms with Crippen molar-refractivity contribution in [3.05, 3.63) is 60.0 Å². The van der Waals surface area contributed by atoms with Gasteiger partial charge in [0, 0.05) is 13.3 Å². The Labute approximate surface area is 150 Å². The number of carbonyl (C=O) groups is 1. The summed E-state index contributed by atoms with van der Waals surface area (Å²) in [5.74, 6) is 0.821. The fourth-order valence-electron chi connectivity index (χ4n) is 2.40. The van der Waals surface area contributed by atoms with Crippen LogP contribution in [0.3, 0.4) is 0 Å². The maximum absolute atomic E-state index is 12.4. The van der Waals surface area contributed by atoms with Gasteiger partial charge in [-0.05, 0) is 12.5 Å². The number of benzene rings is 1. The number of aryl methyl sites for hydroxylation is 1. The molecule has 0 saturated heterocycles. The van der Waals surface area contributed by atoms with Crippen LogP contribution in [0.2, 0.25) is 0 Å². The first kappa shape index (κ1) is 17.6. The molecule has 2 N–H and O–H groups in total. The molecule has 0 saturated carbocycles. The molecule has 0 spiro atoms. The first-order valence-electron chi connectivity index (χ1n) is 8.10. The third-order valence-electron chi connectivity index (χ3n) is 3.61. The molecule has 2 heterocycles. The largest absolute Gasteiger partial charge is 0.383 e. The van der Waals surface area contributed by atoms with Crippen molar-refractivity contribution in [2.24, 2.45) is 0 Å².